The monoisotopic (exact) mass is 338 g/mol. The van der Waals surface area contributed by atoms with Crippen LogP contribution in [0, 0.1) is 5.82 Å². The zero-order valence-corrected chi connectivity index (χ0v) is 13.0. The molecule has 122 valence electrons. The Morgan fingerprint density at radius 3 is 2.70 bits per heavy atom. The van der Waals surface area contributed by atoms with E-state index in [0.717, 1.165) is 5.41 Å². The zero-order chi connectivity index (χ0) is 16.9. The molecule has 1 amide bonds. The number of carbonyl (C=O) groups excluding carboxylic acids is 1. The largest absolute Gasteiger partial charge is 0.347 e. The van der Waals surface area contributed by atoms with Gasteiger partial charge >= 0.3 is 0 Å². The van der Waals surface area contributed by atoms with Gasteiger partial charge in [0.25, 0.3) is 5.91 Å². The number of H-pyrrole nitrogens is 1. The van der Waals surface area contributed by atoms with Crippen molar-refractivity contribution in [1.82, 2.24) is 20.2 Å². The van der Waals surface area contributed by atoms with Crippen LogP contribution in [-0.4, -0.2) is 38.1 Å². The normalized spacial score (nSPS) is 11.7. The van der Waals surface area contributed by atoms with Gasteiger partial charge in [0, 0.05) is 17.5 Å². The highest BCUT2D eigenvalue weighted by Gasteiger charge is 2.10. The van der Waals surface area contributed by atoms with Gasteiger partial charge in [0.15, 0.2) is 0 Å². The molecular weight excluding hydrogens is 323 g/mol. The van der Waals surface area contributed by atoms with Gasteiger partial charge in [0.2, 0.25) is 10.0 Å². The number of rotatable bonds is 6. The summed E-state index contributed by atoms with van der Waals surface area (Å²) in [6.07, 6.45) is 1.31. The van der Waals surface area contributed by atoms with Crippen molar-refractivity contribution in [3.8, 4) is 11.3 Å². The molecule has 0 atom stereocenters. The van der Waals surface area contributed by atoms with E-state index in [1.807, 2.05) is 0 Å². The summed E-state index contributed by atoms with van der Waals surface area (Å²) in [7, 11) is -2.16. The minimum atomic E-state index is -3.45. The number of amides is 1. The van der Waals surface area contributed by atoms with Gasteiger partial charge in [-0.3, -0.25) is 9.89 Å². The SMILES string of the molecule is CNS(=O)(=O)C=CCNC(=O)c1cc(-c2ccc(F)cc2)n[nH]1. The van der Waals surface area contributed by atoms with E-state index in [1.54, 1.807) is 12.1 Å². The third-order valence-electron chi connectivity index (χ3n) is 2.90. The second kappa shape index (κ2) is 7.16. The molecule has 0 aliphatic heterocycles. The number of hydrogen-bond donors (Lipinski definition) is 3. The predicted molar refractivity (Wildman–Crippen MR) is 83.4 cm³/mol. The van der Waals surface area contributed by atoms with Gasteiger partial charge in [-0.05, 0) is 37.4 Å². The lowest BCUT2D eigenvalue weighted by atomic mass is 10.1. The van der Waals surface area contributed by atoms with Gasteiger partial charge in [-0.2, -0.15) is 5.10 Å². The maximum atomic E-state index is 12.9. The van der Waals surface area contributed by atoms with Crippen LogP contribution in [0.1, 0.15) is 10.5 Å². The van der Waals surface area contributed by atoms with E-state index in [2.05, 4.69) is 20.2 Å². The van der Waals surface area contributed by atoms with Gasteiger partial charge < -0.3 is 5.32 Å². The van der Waals surface area contributed by atoms with Crippen molar-refractivity contribution in [1.29, 1.82) is 0 Å². The number of aromatic amines is 1. The van der Waals surface area contributed by atoms with Crippen molar-refractivity contribution >= 4 is 15.9 Å². The van der Waals surface area contributed by atoms with E-state index in [4.69, 9.17) is 0 Å². The standard InChI is InChI=1S/C14H15FN4O3S/c1-16-23(21,22)8-2-7-17-14(20)13-9-12(18-19-13)10-3-5-11(15)6-4-10/h2-6,8-9,16H,7H2,1H3,(H,17,20)(H,18,19). The predicted octanol–water partition coefficient (Wildman–Crippen LogP) is 1.01. The molecule has 0 bridgehead atoms. The molecule has 0 radical (unpaired) electrons. The maximum Gasteiger partial charge on any atom is 0.269 e. The molecule has 7 nitrogen and oxygen atoms in total. The Bertz CT molecular complexity index is 813. The molecule has 0 unspecified atom stereocenters. The third kappa shape index (κ3) is 4.73. The fourth-order valence-electron chi connectivity index (χ4n) is 1.70. The summed E-state index contributed by atoms with van der Waals surface area (Å²) in [6, 6.07) is 7.24. The van der Waals surface area contributed by atoms with Crippen LogP contribution in [0.25, 0.3) is 11.3 Å². The summed E-state index contributed by atoms with van der Waals surface area (Å²) in [5.74, 6) is -0.789. The fourth-order valence-corrected chi connectivity index (χ4v) is 2.18. The van der Waals surface area contributed by atoms with Crippen LogP contribution < -0.4 is 10.0 Å². The number of sulfonamides is 1. The minimum absolute atomic E-state index is 0.0463. The molecule has 0 aliphatic rings. The van der Waals surface area contributed by atoms with E-state index < -0.39 is 15.9 Å². The molecule has 1 aromatic carbocycles. The van der Waals surface area contributed by atoms with E-state index in [-0.39, 0.29) is 18.1 Å². The van der Waals surface area contributed by atoms with Gasteiger partial charge in [0.05, 0.1) is 5.69 Å². The first-order valence-corrected chi connectivity index (χ1v) is 8.15. The molecule has 9 heteroatoms. The number of hydrogen-bond acceptors (Lipinski definition) is 4. The molecule has 2 aromatic rings. The average Bonchev–Trinajstić information content (AvgIpc) is 3.02. The van der Waals surface area contributed by atoms with Crippen LogP contribution >= 0.6 is 0 Å². The second-order valence-electron chi connectivity index (χ2n) is 4.50. The Kier molecular flexibility index (Phi) is 5.24. The van der Waals surface area contributed by atoms with Crippen molar-refractivity contribution in [2.45, 2.75) is 0 Å². The summed E-state index contributed by atoms with van der Waals surface area (Å²) in [4.78, 5) is 11.9. The Morgan fingerprint density at radius 1 is 1.35 bits per heavy atom. The van der Waals surface area contributed by atoms with Crippen LogP contribution in [0.15, 0.2) is 41.8 Å². The van der Waals surface area contributed by atoms with Crippen LogP contribution in [0.3, 0.4) is 0 Å². The molecule has 2 rings (SSSR count). The fraction of sp³-hybridized carbons (Fsp3) is 0.143. The van der Waals surface area contributed by atoms with Crippen LogP contribution in [-0.2, 0) is 10.0 Å². The molecule has 0 saturated carbocycles. The Hall–Kier alpha value is -2.52. The highest BCUT2D eigenvalue weighted by molar-refractivity contribution is 7.92. The zero-order valence-electron chi connectivity index (χ0n) is 12.2. The lowest BCUT2D eigenvalue weighted by molar-refractivity contribution is 0.0953. The molecule has 1 heterocycles. The van der Waals surface area contributed by atoms with Crippen LogP contribution in [0.5, 0.6) is 0 Å². The Balaban J connectivity index is 1.97. The van der Waals surface area contributed by atoms with Gasteiger partial charge in [-0.1, -0.05) is 6.08 Å². The molecular formula is C14H15FN4O3S. The van der Waals surface area contributed by atoms with Gasteiger partial charge in [-0.25, -0.2) is 17.5 Å². The summed E-state index contributed by atoms with van der Waals surface area (Å²) in [5.41, 5.74) is 1.39. The lowest BCUT2D eigenvalue weighted by Crippen LogP contribution is -2.24. The molecule has 23 heavy (non-hydrogen) atoms. The van der Waals surface area contributed by atoms with Crippen molar-refractivity contribution in [2.24, 2.45) is 0 Å². The third-order valence-corrected chi connectivity index (χ3v) is 4.02. The van der Waals surface area contributed by atoms with E-state index in [9.17, 15) is 17.6 Å². The van der Waals surface area contributed by atoms with E-state index in [1.165, 1.54) is 31.3 Å². The quantitative estimate of drug-likeness (QED) is 0.731. The highest BCUT2D eigenvalue weighted by atomic mass is 32.2. The van der Waals surface area contributed by atoms with Crippen molar-refractivity contribution in [3.05, 3.63) is 53.3 Å². The molecule has 0 fully saturated rings. The summed E-state index contributed by atoms with van der Waals surface area (Å²) in [5, 5.41) is 10.0. The van der Waals surface area contributed by atoms with Crippen molar-refractivity contribution in [2.75, 3.05) is 13.6 Å². The molecule has 3 N–H and O–H groups in total. The molecule has 0 aliphatic carbocycles. The molecule has 1 aromatic heterocycles. The summed E-state index contributed by atoms with van der Waals surface area (Å²) in [6.45, 7) is 0.0463. The first-order valence-electron chi connectivity index (χ1n) is 6.61. The first-order chi connectivity index (χ1) is 10.9. The summed E-state index contributed by atoms with van der Waals surface area (Å²) >= 11 is 0. The average molecular weight is 338 g/mol. The maximum absolute atomic E-state index is 12.9. The second-order valence-corrected chi connectivity index (χ2v) is 6.28. The van der Waals surface area contributed by atoms with E-state index in [0.29, 0.717) is 11.3 Å². The Morgan fingerprint density at radius 2 is 2.04 bits per heavy atom. The van der Waals surface area contributed by atoms with E-state index >= 15 is 0 Å². The number of benzene rings is 1. The lowest BCUT2D eigenvalue weighted by Gasteiger charge is -1.99. The number of carbonyl (C=O) groups is 1. The number of halogens is 1. The smallest absolute Gasteiger partial charge is 0.269 e. The number of aromatic nitrogens is 2. The van der Waals surface area contributed by atoms with Gasteiger partial charge in [0.1, 0.15) is 11.5 Å². The number of nitrogens with zero attached hydrogens (tertiary/aromatic N) is 1. The molecule has 0 spiro atoms. The minimum Gasteiger partial charge on any atom is -0.347 e. The highest BCUT2D eigenvalue weighted by Crippen LogP contribution is 2.17. The first kappa shape index (κ1) is 16.8. The summed E-state index contributed by atoms with van der Waals surface area (Å²) < 4.78 is 37.3. The van der Waals surface area contributed by atoms with Crippen LogP contribution in [0.4, 0.5) is 4.39 Å². The topological polar surface area (TPSA) is 104 Å². The van der Waals surface area contributed by atoms with Crippen molar-refractivity contribution in [3.63, 3.8) is 0 Å². The molecule has 0 saturated heterocycles. The number of nitrogens with one attached hydrogen (secondary N) is 3. The van der Waals surface area contributed by atoms with Crippen LogP contribution in [0.2, 0.25) is 0 Å². The van der Waals surface area contributed by atoms with Crippen molar-refractivity contribution < 1.29 is 17.6 Å². The Labute approximate surface area is 132 Å². The van der Waals surface area contributed by atoms with Gasteiger partial charge in [-0.15, -0.1) is 0 Å².